The highest BCUT2D eigenvalue weighted by molar-refractivity contribution is 5.76. The van der Waals surface area contributed by atoms with Gasteiger partial charge in [0, 0.05) is 6.42 Å². The first-order valence-electron chi connectivity index (χ1n) is 4.92. The molecule has 1 atom stereocenters. The predicted octanol–water partition coefficient (Wildman–Crippen LogP) is 0.970. The third-order valence-electron chi connectivity index (χ3n) is 2.37. The molecule has 1 aromatic rings. The van der Waals surface area contributed by atoms with Gasteiger partial charge in [0.25, 0.3) is 0 Å². The van der Waals surface area contributed by atoms with Crippen LogP contribution in [0.1, 0.15) is 18.0 Å². The van der Waals surface area contributed by atoms with Crippen LogP contribution in [0.3, 0.4) is 0 Å². The molecule has 1 unspecified atom stereocenters. The molecule has 0 aliphatic carbocycles. The van der Waals surface area contributed by atoms with Gasteiger partial charge in [-0.1, -0.05) is 12.1 Å². The van der Waals surface area contributed by atoms with Crippen LogP contribution in [0.15, 0.2) is 24.3 Å². The van der Waals surface area contributed by atoms with E-state index in [4.69, 9.17) is 4.74 Å². The molecule has 0 aromatic heterocycles. The number of nitrogens with one attached hydrogen (secondary N) is 1. The smallest absolute Gasteiger partial charge is 0.222 e. The lowest BCUT2D eigenvalue weighted by molar-refractivity contribution is -0.121. The Bertz CT molecular complexity index is 365. The Kier molecular flexibility index (Phi) is 2.87. The van der Waals surface area contributed by atoms with E-state index in [9.17, 15) is 9.90 Å². The largest absolute Gasteiger partial charge is 0.508 e. The number of carbonyl (C=O) groups is 1. The summed E-state index contributed by atoms with van der Waals surface area (Å²) >= 11 is 0. The molecule has 1 heterocycles. The SMILES string of the molecule is O=C1CCOCC(c2cccc(O)c2)N1. The van der Waals surface area contributed by atoms with E-state index >= 15 is 0 Å². The Morgan fingerprint density at radius 3 is 3.13 bits per heavy atom. The number of benzene rings is 1. The number of amides is 1. The average molecular weight is 207 g/mol. The van der Waals surface area contributed by atoms with Crippen molar-refractivity contribution in [3.63, 3.8) is 0 Å². The molecule has 0 saturated carbocycles. The highest BCUT2D eigenvalue weighted by Gasteiger charge is 2.18. The van der Waals surface area contributed by atoms with E-state index in [1.54, 1.807) is 18.2 Å². The molecule has 0 radical (unpaired) electrons. The minimum atomic E-state index is -0.160. The molecule has 2 N–H and O–H groups in total. The van der Waals surface area contributed by atoms with Crippen molar-refractivity contribution in [2.75, 3.05) is 13.2 Å². The van der Waals surface area contributed by atoms with Gasteiger partial charge < -0.3 is 15.2 Å². The van der Waals surface area contributed by atoms with Gasteiger partial charge in [-0.05, 0) is 17.7 Å². The summed E-state index contributed by atoms with van der Waals surface area (Å²) < 4.78 is 5.31. The Morgan fingerprint density at radius 2 is 2.33 bits per heavy atom. The fourth-order valence-corrected chi connectivity index (χ4v) is 1.60. The molecule has 0 spiro atoms. The summed E-state index contributed by atoms with van der Waals surface area (Å²) in [4.78, 5) is 11.3. The van der Waals surface area contributed by atoms with E-state index in [1.165, 1.54) is 0 Å². The summed E-state index contributed by atoms with van der Waals surface area (Å²) in [6.45, 7) is 0.913. The van der Waals surface area contributed by atoms with Crippen LogP contribution in [-0.4, -0.2) is 24.2 Å². The van der Waals surface area contributed by atoms with Gasteiger partial charge in [-0.2, -0.15) is 0 Å². The molecular formula is C11H13NO3. The molecule has 2 rings (SSSR count). The number of aromatic hydroxyl groups is 1. The maximum Gasteiger partial charge on any atom is 0.222 e. The summed E-state index contributed by atoms with van der Waals surface area (Å²) in [6, 6.07) is 6.69. The van der Waals surface area contributed by atoms with Crippen molar-refractivity contribution < 1.29 is 14.6 Å². The number of carbonyl (C=O) groups excluding carboxylic acids is 1. The fourth-order valence-electron chi connectivity index (χ4n) is 1.60. The Hall–Kier alpha value is -1.55. The predicted molar refractivity (Wildman–Crippen MR) is 54.4 cm³/mol. The number of phenolic OH excluding ortho intramolecular Hbond substituents is 1. The average Bonchev–Trinajstić information content (AvgIpc) is 2.43. The third-order valence-corrected chi connectivity index (χ3v) is 2.37. The van der Waals surface area contributed by atoms with Gasteiger partial charge in [-0.3, -0.25) is 4.79 Å². The van der Waals surface area contributed by atoms with Crippen LogP contribution < -0.4 is 5.32 Å². The van der Waals surface area contributed by atoms with Crippen LogP contribution in [0.2, 0.25) is 0 Å². The van der Waals surface area contributed by atoms with Crippen LogP contribution in [0.4, 0.5) is 0 Å². The summed E-state index contributed by atoms with van der Waals surface area (Å²) in [5.41, 5.74) is 0.866. The minimum absolute atomic E-state index is 0.0131. The number of phenols is 1. The first-order chi connectivity index (χ1) is 7.25. The van der Waals surface area contributed by atoms with Crippen molar-refractivity contribution in [1.29, 1.82) is 0 Å². The van der Waals surface area contributed by atoms with E-state index in [0.29, 0.717) is 19.6 Å². The highest BCUT2D eigenvalue weighted by Crippen LogP contribution is 2.19. The summed E-state index contributed by atoms with van der Waals surface area (Å²) in [6.07, 6.45) is 0.398. The Labute approximate surface area is 87.9 Å². The van der Waals surface area contributed by atoms with Gasteiger partial charge in [-0.15, -0.1) is 0 Å². The van der Waals surface area contributed by atoms with Gasteiger partial charge in [0.2, 0.25) is 5.91 Å². The highest BCUT2D eigenvalue weighted by atomic mass is 16.5. The molecule has 1 fully saturated rings. The number of rotatable bonds is 1. The van der Waals surface area contributed by atoms with E-state index in [-0.39, 0.29) is 17.7 Å². The lowest BCUT2D eigenvalue weighted by Gasteiger charge is -2.15. The molecule has 4 heteroatoms. The fraction of sp³-hybridized carbons (Fsp3) is 0.364. The number of hydrogen-bond acceptors (Lipinski definition) is 3. The maximum atomic E-state index is 11.3. The van der Waals surface area contributed by atoms with Gasteiger partial charge >= 0.3 is 0 Å². The zero-order chi connectivity index (χ0) is 10.7. The molecule has 1 saturated heterocycles. The zero-order valence-corrected chi connectivity index (χ0v) is 8.27. The van der Waals surface area contributed by atoms with Crippen LogP contribution in [0.5, 0.6) is 5.75 Å². The molecule has 4 nitrogen and oxygen atoms in total. The summed E-state index contributed by atoms with van der Waals surface area (Å²) in [5, 5.41) is 12.2. The van der Waals surface area contributed by atoms with Gasteiger partial charge in [0.15, 0.2) is 0 Å². The van der Waals surface area contributed by atoms with Crippen LogP contribution in [0, 0.1) is 0 Å². The summed E-state index contributed by atoms with van der Waals surface area (Å²) in [7, 11) is 0. The second kappa shape index (κ2) is 4.31. The second-order valence-corrected chi connectivity index (χ2v) is 3.54. The third kappa shape index (κ3) is 2.47. The molecule has 0 bridgehead atoms. The van der Waals surface area contributed by atoms with Gasteiger partial charge in [0.1, 0.15) is 5.75 Å². The first kappa shape index (κ1) is 9.98. The molecule has 1 aliphatic heterocycles. The molecule has 1 aliphatic rings. The van der Waals surface area contributed by atoms with Crippen molar-refractivity contribution in [3.05, 3.63) is 29.8 Å². The van der Waals surface area contributed by atoms with Crippen molar-refractivity contribution in [2.24, 2.45) is 0 Å². The van der Waals surface area contributed by atoms with E-state index in [2.05, 4.69) is 5.32 Å². The van der Waals surface area contributed by atoms with Crippen molar-refractivity contribution >= 4 is 5.91 Å². The van der Waals surface area contributed by atoms with Crippen LogP contribution in [-0.2, 0) is 9.53 Å². The van der Waals surface area contributed by atoms with Crippen LogP contribution >= 0.6 is 0 Å². The lowest BCUT2D eigenvalue weighted by Crippen LogP contribution is -2.28. The summed E-state index contributed by atoms with van der Waals surface area (Å²) in [5.74, 6) is 0.187. The number of ether oxygens (including phenoxy) is 1. The molecular weight excluding hydrogens is 194 g/mol. The molecule has 1 amide bonds. The molecule has 1 aromatic carbocycles. The van der Waals surface area contributed by atoms with Crippen molar-refractivity contribution in [2.45, 2.75) is 12.5 Å². The van der Waals surface area contributed by atoms with Gasteiger partial charge in [0.05, 0.1) is 19.3 Å². The topological polar surface area (TPSA) is 58.6 Å². The van der Waals surface area contributed by atoms with E-state index < -0.39 is 0 Å². The Balaban J connectivity index is 2.18. The van der Waals surface area contributed by atoms with Crippen LogP contribution in [0.25, 0.3) is 0 Å². The zero-order valence-electron chi connectivity index (χ0n) is 8.27. The van der Waals surface area contributed by atoms with E-state index in [1.807, 2.05) is 6.07 Å². The van der Waals surface area contributed by atoms with Crippen molar-refractivity contribution in [1.82, 2.24) is 5.32 Å². The van der Waals surface area contributed by atoms with Crippen molar-refractivity contribution in [3.8, 4) is 5.75 Å². The first-order valence-corrected chi connectivity index (χ1v) is 4.92. The molecule has 15 heavy (non-hydrogen) atoms. The quantitative estimate of drug-likeness (QED) is 0.721. The maximum absolute atomic E-state index is 11.3. The second-order valence-electron chi connectivity index (χ2n) is 3.54. The standard InChI is InChI=1S/C11H13NO3/c13-9-3-1-2-8(6-9)10-7-15-5-4-11(14)12-10/h1-3,6,10,13H,4-5,7H2,(H,12,14). The normalized spacial score (nSPS) is 21.9. The number of hydrogen-bond donors (Lipinski definition) is 2. The molecule has 80 valence electrons. The lowest BCUT2D eigenvalue weighted by atomic mass is 10.1. The Morgan fingerprint density at radius 1 is 1.47 bits per heavy atom. The monoisotopic (exact) mass is 207 g/mol. The van der Waals surface area contributed by atoms with Gasteiger partial charge in [-0.25, -0.2) is 0 Å². The van der Waals surface area contributed by atoms with E-state index in [0.717, 1.165) is 5.56 Å². The minimum Gasteiger partial charge on any atom is -0.508 e.